The number of aryl methyl sites for hydroxylation is 1. The number of benzene rings is 1. The lowest BCUT2D eigenvalue weighted by Crippen LogP contribution is -2.24. The van der Waals surface area contributed by atoms with E-state index >= 15 is 0 Å². The lowest BCUT2D eigenvalue weighted by Gasteiger charge is -2.26. The van der Waals surface area contributed by atoms with Crippen molar-refractivity contribution >= 4 is 27.3 Å². The molecule has 1 unspecified atom stereocenters. The van der Waals surface area contributed by atoms with Gasteiger partial charge in [0.1, 0.15) is 5.52 Å². The summed E-state index contributed by atoms with van der Waals surface area (Å²) in [6, 6.07) is 11.1. The van der Waals surface area contributed by atoms with Gasteiger partial charge in [-0.25, -0.2) is 9.50 Å². The Balaban J connectivity index is 1.78. The molecule has 0 radical (unpaired) electrons. The number of hydrogen-bond acceptors (Lipinski definition) is 3. The molecule has 2 aromatic heterocycles. The van der Waals surface area contributed by atoms with Gasteiger partial charge in [0, 0.05) is 23.4 Å². The second kappa shape index (κ2) is 5.39. The fourth-order valence-corrected chi connectivity index (χ4v) is 3.57. The number of anilines is 1. The highest BCUT2D eigenvalue weighted by Crippen LogP contribution is 2.37. The van der Waals surface area contributed by atoms with Crippen LogP contribution in [-0.2, 0) is 0 Å². The van der Waals surface area contributed by atoms with E-state index in [1.165, 1.54) is 12.0 Å². The summed E-state index contributed by atoms with van der Waals surface area (Å²) in [6.07, 6.45) is 6.11. The van der Waals surface area contributed by atoms with Crippen LogP contribution in [0.5, 0.6) is 0 Å². The van der Waals surface area contributed by atoms with E-state index in [1.807, 2.05) is 23.8 Å². The number of hydrogen-bond donors (Lipinski definition) is 0. The molecule has 0 N–H and O–H groups in total. The van der Waals surface area contributed by atoms with E-state index < -0.39 is 0 Å². The zero-order valence-corrected chi connectivity index (χ0v) is 14.0. The van der Waals surface area contributed by atoms with Gasteiger partial charge in [0.05, 0.1) is 11.7 Å². The molecule has 112 valence electrons. The van der Waals surface area contributed by atoms with E-state index in [1.54, 1.807) is 0 Å². The normalized spacial score (nSPS) is 18.3. The molecule has 0 spiro atoms. The maximum Gasteiger partial charge on any atom is 0.155 e. The van der Waals surface area contributed by atoms with Gasteiger partial charge in [-0.15, -0.1) is 0 Å². The van der Waals surface area contributed by atoms with Gasteiger partial charge < -0.3 is 4.90 Å². The van der Waals surface area contributed by atoms with Crippen LogP contribution in [0, 0.1) is 6.92 Å². The van der Waals surface area contributed by atoms with Crippen molar-refractivity contribution in [2.24, 2.45) is 0 Å². The van der Waals surface area contributed by atoms with Gasteiger partial charge in [-0.05, 0) is 43.5 Å². The second-order valence-electron chi connectivity index (χ2n) is 5.77. The Bertz CT molecular complexity index is 809. The summed E-state index contributed by atoms with van der Waals surface area (Å²) in [5.41, 5.74) is 3.46. The first-order valence-electron chi connectivity index (χ1n) is 7.55. The number of halogens is 1. The zero-order chi connectivity index (χ0) is 15.1. The molecule has 1 aromatic carbocycles. The van der Waals surface area contributed by atoms with Crippen LogP contribution in [0.2, 0.25) is 0 Å². The molecule has 3 heterocycles. The smallest absolute Gasteiger partial charge is 0.155 e. The van der Waals surface area contributed by atoms with Crippen LogP contribution < -0.4 is 4.90 Å². The molecule has 0 bridgehead atoms. The van der Waals surface area contributed by atoms with Crippen molar-refractivity contribution in [3.8, 4) is 0 Å². The third-order valence-corrected chi connectivity index (χ3v) is 4.80. The van der Waals surface area contributed by atoms with Crippen LogP contribution in [0.4, 0.5) is 5.82 Å². The Hall–Kier alpha value is -1.88. The van der Waals surface area contributed by atoms with Crippen molar-refractivity contribution < 1.29 is 0 Å². The number of rotatable bonds is 2. The molecule has 0 saturated carbocycles. The van der Waals surface area contributed by atoms with Gasteiger partial charge in [0.2, 0.25) is 0 Å². The number of fused-ring (bicyclic) bond motifs is 1. The van der Waals surface area contributed by atoms with Gasteiger partial charge in [-0.2, -0.15) is 5.10 Å². The molecule has 1 aliphatic heterocycles. The summed E-state index contributed by atoms with van der Waals surface area (Å²) in [6.45, 7) is 3.06. The summed E-state index contributed by atoms with van der Waals surface area (Å²) in [5.74, 6) is 1.04. The van der Waals surface area contributed by atoms with Crippen molar-refractivity contribution in [1.82, 2.24) is 14.6 Å². The van der Waals surface area contributed by atoms with Gasteiger partial charge in [-0.3, -0.25) is 0 Å². The Morgan fingerprint density at radius 3 is 2.86 bits per heavy atom. The molecule has 22 heavy (non-hydrogen) atoms. The number of aromatic nitrogens is 3. The Kier molecular flexibility index (Phi) is 3.37. The third-order valence-electron chi connectivity index (χ3n) is 4.27. The predicted molar refractivity (Wildman–Crippen MR) is 91.2 cm³/mol. The molecular formula is C17H17BrN4. The predicted octanol–water partition coefficient (Wildman–Crippen LogP) is 4.14. The Morgan fingerprint density at radius 2 is 2.05 bits per heavy atom. The van der Waals surface area contributed by atoms with Crippen molar-refractivity contribution in [2.75, 3.05) is 11.4 Å². The van der Waals surface area contributed by atoms with E-state index in [2.05, 4.69) is 61.2 Å². The maximum atomic E-state index is 4.65. The van der Waals surface area contributed by atoms with E-state index in [-0.39, 0.29) is 0 Å². The number of nitrogens with zero attached hydrogens (tertiary/aromatic N) is 4. The highest BCUT2D eigenvalue weighted by molar-refractivity contribution is 9.10. The average Bonchev–Trinajstić information content (AvgIpc) is 3.12. The fraction of sp³-hybridized carbons (Fsp3) is 0.294. The van der Waals surface area contributed by atoms with Crippen molar-refractivity contribution in [1.29, 1.82) is 0 Å². The SMILES string of the molecule is Cc1cc2c(N3CCCC3c3ccc(Br)cc3)nccn2n1. The van der Waals surface area contributed by atoms with Crippen LogP contribution in [-0.4, -0.2) is 21.1 Å². The summed E-state index contributed by atoms with van der Waals surface area (Å²) in [4.78, 5) is 7.07. The van der Waals surface area contributed by atoms with Gasteiger partial charge in [0.15, 0.2) is 5.82 Å². The highest BCUT2D eigenvalue weighted by Gasteiger charge is 2.28. The van der Waals surface area contributed by atoms with E-state index in [0.29, 0.717) is 6.04 Å². The second-order valence-corrected chi connectivity index (χ2v) is 6.69. The lowest BCUT2D eigenvalue weighted by molar-refractivity contribution is 0.711. The van der Waals surface area contributed by atoms with E-state index in [4.69, 9.17) is 0 Å². The molecule has 0 aliphatic carbocycles. The fourth-order valence-electron chi connectivity index (χ4n) is 3.30. The van der Waals surface area contributed by atoms with E-state index in [0.717, 1.165) is 34.5 Å². The minimum atomic E-state index is 0.391. The maximum absolute atomic E-state index is 4.65. The van der Waals surface area contributed by atoms with Gasteiger partial charge in [0.25, 0.3) is 0 Å². The first-order valence-corrected chi connectivity index (χ1v) is 8.35. The molecule has 1 saturated heterocycles. The largest absolute Gasteiger partial charge is 0.348 e. The lowest BCUT2D eigenvalue weighted by atomic mass is 10.0. The molecule has 4 nitrogen and oxygen atoms in total. The summed E-state index contributed by atoms with van der Waals surface area (Å²) in [5, 5.41) is 4.50. The molecule has 5 heteroatoms. The van der Waals surface area contributed by atoms with E-state index in [9.17, 15) is 0 Å². The average molecular weight is 357 g/mol. The van der Waals surface area contributed by atoms with Gasteiger partial charge >= 0.3 is 0 Å². The molecule has 0 amide bonds. The standard InChI is InChI=1S/C17H17BrN4/c1-12-11-16-17(19-8-10-22(16)20-12)21-9-2-3-15(21)13-4-6-14(18)7-5-13/h4-8,10-11,15H,2-3,9H2,1H3. The first kappa shape index (κ1) is 13.8. The van der Waals surface area contributed by atoms with Crippen LogP contribution in [0.3, 0.4) is 0 Å². The monoisotopic (exact) mass is 356 g/mol. The Morgan fingerprint density at radius 1 is 1.23 bits per heavy atom. The highest BCUT2D eigenvalue weighted by atomic mass is 79.9. The topological polar surface area (TPSA) is 33.4 Å². The minimum absolute atomic E-state index is 0.391. The zero-order valence-electron chi connectivity index (χ0n) is 12.4. The summed E-state index contributed by atoms with van der Waals surface area (Å²) >= 11 is 3.51. The van der Waals surface area contributed by atoms with Crippen molar-refractivity contribution in [3.05, 3.63) is 58.5 Å². The minimum Gasteiger partial charge on any atom is -0.348 e. The molecule has 1 atom stereocenters. The Labute approximate surface area is 137 Å². The van der Waals surface area contributed by atoms with Crippen molar-refractivity contribution in [2.45, 2.75) is 25.8 Å². The third kappa shape index (κ3) is 2.29. The molecule has 4 rings (SSSR count). The van der Waals surface area contributed by atoms with Crippen molar-refractivity contribution in [3.63, 3.8) is 0 Å². The van der Waals surface area contributed by atoms with Crippen LogP contribution in [0.25, 0.3) is 5.52 Å². The van der Waals surface area contributed by atoms with Crippen LogP contribution in [0.15, 0.2) is 47.2 Å². The first-order chi connectivity index (χ1) is 10.7. The molecule has 1 aliphatic rings. The van der Waals surface area contributed by atoms with Crippen LogP contribution in [0.1, 0.15) is 30.1 Å². The summed E-state index contributed by atoms with van der Waals surface area (Å²) in [7, 11) is 0. The molecular weight excluding hydrogens is 340 g/mol. The van der Waals surface area contributed by atoms with Gasteiger partial charge in [-0.1, -0.05) is 28.1 Å². The quantitative estimate of drug-likeness (QED) is 0.691. The molecule has 3 aromatic rings. The summed E-state index contributed by atoms with van der Waals surface area (Å²) < 4.78 is 3.04. The van der Waals surface area contributed by atoms with Crippen LogP contribution >= 0.6 is 15.9 Å². The molecule has 1 fully saturated rings.